The molecule has 1 heterocycles. The van der Waals surface area contributed by atoms with Crippen LogP contribution in [0.5, 0.6) is 0 Å². The highest BCUT2D eigenvalue weighted by atomic mass is 16.6. The van der Waals surface area contributed by atoms with E-state index in [1.165, 1.54) is 0 Å². The van der Waals surface area contributed by atoms with Crippen LogP contribution in [0, 0.1) is 5.92 Å². The fourth-order valence-corrected chi connectivity index (χ4v) is 1.83. The fourth-order valence-electron chi connectivity index (χ4n) is 1.83. The summed E-state index contributed by atoms with van der Waals surface area (Å²) in [5.74, 6) is 0.403. The number of carbonyl (C=O) groups excluding carboxylic acids is 1. The highest BCUT2D eigenvalue weighted by Crippen LogP contribution is 2.24. The number of alkyl carbamates (subject to hydrolysis) is 1. The van der Waals surface area contributed by atoms with E-state index in [1.807, 2.05) is 0 Å². The molecule has 0 saturated heterocycles. The molecule has 5 heteroatoms. The van der Waals surface area contributed by atoms with Gasteiger partial charge in [0.05, 0.1) is 5.69 Å². The second-order valence-electron chi connectivity index (χ2n) is 6.63. The summed E-state index contributed by atoms with van der Waals surface area (Å²) >= 11 is 0. The van der Waals surface area contributed by atoms with E-state index in [0.717, 1.165) is 6.42 Å². The van der Waals surface area contributed by atoms with Crippen LogP contribution in [0.25, 0.3) is 0 Å². The number of nitrogens with one attached hydrogen (secondary N) is 1. The van der Waals surface area contributed by atoms with E-state index < -0.39 is 17.4 Å². The number of hydrogen-bond acceptors (Lipinski definition) is 4. The molecule has 0 unspecified atom stereocenters. The van der Waals surface area contributed by atoms with Crippen molar-refractivity contribution in [2.24, 2.45) is 5.92 Å². The topological polar surface area (TPSA) is 71.5 Å². The van der Waals surface area contributed by atoms with Crippen LogP contribution in [0.2, 0.25) is 0 Å². The van der Waals surface area contributed by atoms with Gasteiger partial charge in [0.25, 0.3) is 0 Å². The van der Waals surface area contributed by atoms with Crippen molar-refractivity contribution < 1.29 is 14.6 Å². The van der Waals surface area contributed by atoms with Crippen molar-refractivity contribution in [1.82, 2.24) is 10.3 Å². The summed E-state index contributed by atoms with van der Waals surface area (Å²) in [6, 6.07) is 5.23. The lowest BCUT2D eigenvalue weighted by atomic mass is 9.97. The first-order valence-electron chi connectivity index (χ1n) is 7.27. The van der Waals surface area contributed by atoms with Crippen molar-refractivity contribution in [3.8, 4) is 0 Å². The van der Waals surface area contributed by atoms with Crippen LogP contribution in [0.15, 0.2) is 24.4 Å². The van der Waals surface area contributed by atoms with Gasteiger partial charge in [0, 0.05) is 12.6 Å². The molecule has 0 aliphatic carbocycles. The third-order valence-corrected chi connectivity index (χ3v) is 2.88. The maximum absolute atomic E-state index is 12.0. The largest absolute Gasteiger partial charge is 0.444 e. The van der Waals surface area contributed by atoms with Gasteiger partial charge in [0.2, 0.25) is 0 Å². The van der Waals surface area contributed by atoms with Gasteiger partial charge in [0.1, 0.15) is 5.60 Å². The Morgan fingerprint density at radius 3 is 2.52 bits per heavy atom. The zero-order chi connectivity index (χ0) is 16.1. The molecular formula is C16H26N2O3. The summed E-state index contributed by atoms with van der Waals surface area (Å²) in [6.45, 7) is 9.46. The van der Waals surface area contributed by atoms with Crippen molar-refractivity contribution in [3.63, 3.8) is 0 Å². The Hall–Kier alpha value is -1.62. The zero-order valence-electron chi connectivity index (χ0n) is 13.5. The third-order valence-electron chi connectivity index (χ3n) is 2.88. The average Bonchev–Trinajstić information content (AvgIpc) is 2.35. The quantitative estimate of drug-likeness (QED) is 0.818. The van der Waals surface area contributed by atoms with Gasteiger partial charge < -0.3 is 9.84 Å². The number of aromatic nitrogens is 1. The van der Waals surface area contributed by atoms with Crippen molar-refractivity contribution in [1.29, 1.82) is 0 Å². The minimum absolute atomic E-state index is 0.376. The molecule has 2 N–H and O–H groups in total. The maximum atomic E-state index is 12.0. The molecule has 118 valence electrons. The molecule has 1 amide bonds. The number of nitrogens with zero attached hydrogens (tertiary/aromatic N) is 1. The second kappa shape index (κ2) is 6.89. The number of ether oxygens (including phenoxy) is 1. The summed E-state index contributed by atoms with van der Waals surface area (Å²) in [5, 5.41) is 13.4. The lowest BCUT2D eigenvalue weighted by Gasteiger charge is -2.30. The number of aliphatic hydroxyl groups is 1. The monoisotopic (exact) mass is 294 g/mol. The van der Waals surface area contributed by atoms with E-state index in [-0.39, 0.29) is 0 Å². The number of pyridine rings is 1. The first kappa shape index (κ1) is 17.4. The van der Waals surface area contributed by atoms with Gasteiger partial charge in [-0.2, -0.15) is 0 Å². The molecular weight excluding hydrogens is 268 g/mol. The Bertz CT molecular complexity index is 454. The molecule has 5 nitrogen and oxygen atoms in total. The van der Waals surface area contributed by atoms with Gasteiger partial charge in [-0.1, -0.05) is 19.9 Å². The standard InChI is InChI=1S/C16H26N2O3/c1-12(2)9-10-16(20,13-8-6-7-11-17-13)18-14(19)21-15(3,4)5/h6-8,11-12,20H,9-10H2,1-5H3,(H,18,19)/t16-/m1/s1. The molecule has 0 radical (unpaired) electrons. The van der Waals surface area contributed by atoms with E-state index in [9.17, 15) is 9.90 Å². The molecule has 0 bridgehead atoms. The summed E-state index contributed by atoms with van der Waals surface area (Å²) in [7, 11) is 0. The lowest BCUT2D eigenvalue weighted by Crippen LogP contribution is -2.48. The van der Waals surface area contributed by atoms with Gasteiger partial charge in [-0.15, -0.1) is 0 Å². The van der Waals surface area contributed by atoms with Crippen molar-refractivity contribution >= 4 is 6.09 Å². The van der Waals surface area contributed by atoms with Crippen LogP contribution < -0.4 is 5.32 Å². The molecule has 1 aromatic rings. The summed E-state index contributed by atoms with van der Waals surface area (Å²) in [5.41, 5.74) is -1.72. The Balaban J connectivity index is 2.89. The van der Waals surface area contributed by atoms with E-state index in [1.54, 1.807) is 45.2 Å². The second-order valence-corrected chi connectivity index (χ2v) is 6.63. The highest BCUT2D eigenvalue weighted by Gasteiger charge is 2.34. The summed E-state index contributed by atoms with van der Waals surface area (Å²) in [6.07, 6.45) is 2.07. The van der Waals surface area contributed by atoms with Gasteiger partial charge in [0.15, 0.2) is 5.72 Å². The first-order valence-corrected chi connectivity index (χ1v) is 7.27. The number of hydrogen-bond donors (Lipinski definition) is 2. The van der Waals surface area contributed by atoms with Crippen LogP contribution in [0.4, 0.5) is 4.79 Å². The van der Waals surface area contributed by atoms with Gasteiger partial charge >= 0.3 is 6.09 Å². The average molecular weight is 294 g/mol. The zero-order valence-corrected chi connectivity index (χ0v) is 13.5. The Labute approximate surface area is 126 Å². The van der Waals surface area contributed by atoms with Crippen molar-refractivity contribution in [2.75, 3.05) is 0 Å². The van der Waals surface area contributed by atoms with E-state index in [0.29, 0.717) is 18.0 Å². The summed E-state index contributed by atoms with van der Waals surface area (Å²) < 4.78 is 5.22. The minimum atomic E-state index is -1.52. The summed E-state index contributed by atoms with van der Waals surface area (Å²) in [4.78, 5) is 16.1. The van der Waals surface area contributed by atoms with E-state index >= 15 is 0 Å². The minimum Gasteiger partial charge on any atom is -0.444 e. The Morgan fingerprint density at radius 1 is 1.38 bits per heavy atom. The molecule has 0 spiro atoms. The number of carbonyl (C=O) groups is 1. The molecule has 0 aliphatic heterocycles. The molecule has 1 aromatic heterocycles. The molecule has 0 saturated carbocycles. The predicted octanol–water partition coefficient (Wildman–Crippen LogP) is 3.19. The lowest BCUT2D eigenvalue weighted by molar-refractivity contribution is -0.0294. The first-order chi connectivity index (χ1) is 9.62. The molecule has 1 rings (SSSR count). The predicted molar refractivity (Wildman–Crippen MR) is 81.6 cm³/mol. The van der Waals surface area contributed by atoms with Gasteiger partial charge in [-0.05, 0) is 45.2 Å². The third kappa shape index (κ3) is 6.12. The molecule has 1 atom stereocenters. The number of amides is 1. The maximum Gasteiger partial charge on any atom is 0.410 e. The van der Waals surface area contributed by atoms with Crippen LogP contribution in [-0.4, -0.2) is 21.8 Å². The highest BCUT2D eigenvalue weighted by molar-refractivity contribution is 5.68. The van der Waals surface area contributed by atoms with Crippen LogP contribution in [0.3, 0.4) is 0 Å². The Kier molecular flexibility index (Phi) is 5.72. The van der Waals surface area contributed by atoms with E-state index in [4.69, 9.17) is 4.74 Å². The normalized spacial score (nSPS) is 14.6. The molecule has 0 aliphatic rings. The molecule has 0 fully saturated rings. The smallest absolute Gasteiger partial charge is 0.410 e. The fraction of sp³-hybridized carbons (Fsp3) is 0.625. The number of rotatable bonds is 5. The van der Waals surface area contributed by atoms with E-state index in [2.05, 4.69) is 24.1 Å². The molecule has 0 aromatic carbocycles. The van der Waals surface area contributed by atoms with Crippen molar-refractivity contribution in [2.45, 2.75) is 58.8 Å². The SMILES string of the molecule is CC(C)CC[C@](O)(NC(=O)OC(C)(C)C)c1ccccn1. The van der Waals surface area contributed by atoms with Gasteiger partial charge in [-0.25, -0.2) is 4.79 Å². The Morgan fingerprint density at radius 2 is 2.05 bits per heavy atom. The van der Waals surface area contributed by atoms with Crippen molar-refractivity contribution in [3.05, 3.63) is 30.1 Å². The van der Waals surface area contributed by atoms with Crippen LogP contribution >= 0.6 is 0 Å². The van der Waals surface area contributed by atoms with Gasteiger partial charge in [-0.3, -0.25) is 10.3 Å². The molecule has 21 heavy (non-hydrogen) atoms. The van der Waals surface area contributed by atoms with Crippen LogP contribution in [0.1, 0.15) is 53.2 Å². The van der Waals surface area contributed by atoms with Crippen LogP contribution in [-0.2, 0) is 10.5 Å².